The van der Waals surface area contributed by atoms with Crippen LogP contribution in [0.15, 0.2) is 0 Å². The fourth-order valence-electron chi connectivity index (χ4n) is 2.42. The standard InChI is InChI=1S/C17H30O2S2/c1-4-8-15(20)13-12-14(16(21)9-5-2)10-6-7-11-17(18)19-3/h14H,4-13H2,1-3H3. The Hall–Kier alpha value is -0.350. The summed E-state index contributed by atoms with van der Waals surface area (Å²) in [6.45, 7) is 4.33. The first-order valence-corrected chi connectivity index (χ1v) is 8.97. The van der Waals surface area contributed by atoms with Gasteiger partial charge in [-0.1, -0.05) is 57.5 Å². The zero-order valence-electron chi connectivity index (χ0n) is 13.8. The maximum atomic E-state index is 11.1. The van der Waals surface area contributed by atoms with Crippen LogP contribution in [0.3, 0.4) is 0 Å². The summed E-state index contributed by atoms with van der Waals surface area (Å²) in [4.78, 5) is 13.5. The first kappa shape index (κ1) is 20.6. The SMILES string of the molecule is CCCC(=S)CCC(CCCCC(=O)OC)C(=S)CCC. The third-order valence-electron chi connectivity index (χ3n) is 3.66. The van der Waals surface area contributed by atoms with Crippen molar-refractivity contribution in [3.05, 3.63) is 0 Å². The van der Waals surface area contributed by atoms with Crippen molar-refractivity contribution in [2.24, 2.45) is 5.92 Å². The highest BCUT2D eigenvalue weighted by molar-refractivity contribution is 7.80. The summed E-state index contributed by atoms with van der Waals surface area (Å²) in [5.41, 5.74) is 0. The lowest BCUT2D eigenvalue weighted by Gasteiger charge is -2.18. The number of hydrogen-bond acceptors (Lipinski definition) is 4. The highest BCUT2D eigenvalue weighted by Crippen LogP contribution is 2.21. The number of carbonyl (C=O) groups is 1. The van der Waals surface area contributed by atoms with E-state index in [1.807, 2.05) is 0 Å². The molecule has 4 heteroatoms. The van der Waals surface area contributed by atoms with Gasteiger partial charge in [-0.25, -0.2) is 0 Å². The minimum absolute atomic E-state index is 0.119. The highest BCUT2D eigenvalue weighted by atomic mass is 32.1. The lowest BCUT2D eigenvalue weighted by molar-refractivity contribution is -0.140. The van der Waals surface area contributed by atoms with Gasteiger partial charge in [0.15, 0.2) is 0 Å². The van der Waals surface area contributed by atoms with Gasteiger partial charge >= 0.3 is 5.97 Å². The highest BCUT2D eigenvalue weighted by Gasteiger charge is 2.14. The molecule has 0 saturated heterocycles. The van der Waals surface area contributed by atoms with Crippen LogP contribution in [0, 0.1) is 5.92 Å². The van der Waals surface area contributed by atoms with E-state index >= 15 is 0 Å². The van der Waals surface area contributed by atoms with E-state index in [2.05, 4.69) is 18.6 Å². The molecule has 21 heavy (non-hydrogen) atoms. The normalized spacial score (nSPS) is 12.0. The van der Waals surface area contributed by atoms with Gasteiger partial charge in [0.05, 0.1) is 7.11 Å². The molecule has 2 nitrogen and oxygen atoms in total. The monoisotopic (exact) mass is 330 g/mol. The predicted octanol–water partition coefficient (Wildman–Crippen LogP) is 5.46. The van der Waals surface area contributed by atoms with Crippen LogP contribution in [-0.2, 0) is 9.53 Å². The molecule has 0 fully saturated rings. The van der Waals surface area contributed by atoms with E-state index in [4.69, 9.17) is 24.4 Å². The van der Waals surface area contributed by atoms with Crippen molar-refractivity contribution in [1.82, 2.24) is 0 Å². The second-order valence-electron chi connectivity index (χ2n) is 5.56. The van der Waals surface area contributed by atoms with E-state index in [-0.39, 0.29) is 5.97 Å². The van der Waals surface area contributed by atoms with Gasteiger partial charge in [0.1, 0.15) is 0 Å². The van der Waals surface area contributed by atoms with E-state index in [1.165, 1.54) is 16.8 Å². The number of hydrogen-bond donors (Lipinski definition) is 0. The van der Waals surface area contributed by atoms with Crippen LogP contribution in [0.1, 0.15) is 78.1 Å². The van der Waals surface area contributed by atoms with Crippen molar-refractivity contribution >= 4 is 40.1 Å². The maximum Gasteiger partial charge on any atom is 0.305 e. The van der Waals surface area contributed by atoms with Gasteiger partial charge in [-0.05, 0) is 54.2 Å². The van der Waals surface area contributed by atoms with Crippen LogP contribution in [0.25, 0.3) is 0 Å². The van der Waals surface area contributed by atoms with Gasteiger partial charge in [0, 0.05) is 6.42 Å². The van der Waals surface area contributed by atoms with Crippen LogP contribution < -0.4 is 0 Å². The lowest BCUT2D eigenvalue weighted by atomic mass is 9.90. The zero-order valence-corrected chi connectivity index (χ0v) is 15.4. The third-order valence-corrected chi connectivity index (χ3v) is 4.61. The molecule has 0 spiro atoms. The molecular weight excluding hydrogens is 300 g/mol. The molecule has 0 aliphatic heterocycles. The summed E-state index contributed by atoms with van der Waals surface area (Å²) in [6, 6.07) is 0. The topological polar surface area (TPSA) is 26.3 Å². The summed E-state index contributed by atoms with van der Waals surface area (Å²) in [5, 5.41) is 0. The summed E-state index contributed by atoms with van der Waals surface area (Å²) in [6.07, 6.45) is 9.90. The molecule has 1 atom stereocenters. The first-order chi connectivity index (χ1) is 10.0. The van der Waals surface area contributed by atoms with Crippen molar-refractivity contribution in [2.45, 2.75) is 78.1 Å². The largest absolute Gasteiger partial charge is 0.469 e. The van der Waals surface area contributed by atoms with Crippen molar-refractivity contribution < 1.29 is 9.53 Å². The van der Waals surface area contributed by atoms with E-state index in [0.29, 0.717) is 12.3 Å². The van der Waals surface area contributed by atoms with E-state index in [9.17, 15) is 4.79 Å². The zero-order chi connectivity index (χ0) is 16.1. The van der Waals surface area contributed by atoms with Crippen molar-refractivity contribution in [3.8, 4) is 0 Å². The summed E-state index contributed by atoms with van der Waals surface area (Å²) in [5.74, 6) is 0.360. The van der Waals surface area contributed by atoms with E-state index in [1.54, 1.807) is 0 Å². The van der Waals surface area contributed by atoms with Gasteiger partial charge < -0.3 is 4.74 Å². The Balaban J connectivity index is 4.17. The van der Waals surface area contributed by atoms with Crippen LogP contribution >= 0.6 is 24.4 Å². The van der Waals surface area contributed by atoms with E-state index < -0.39 is 0 Å². The van der Waals surface area contributed by atoms with Crippen molar-refractivity contribution in [1.29, 1.82) is 0 Å². The number of rotatable bonds is 13. The summed E-state index contributed by atoms with van der Waals surface area (Å²) in [7, 11) is 1.44. The summed E-state index contributed by atoms with van der Waals surface area (Å²) >= 11 is 11.0. The van der Waals surface area contributed by atoms with Crippen LogP contribution in [0.5, 0.6) is 0 Å². The quantitative estimate of drug-likeness (QED) is 0.254. The molecule has 0 aromatic carbocycles. The van der Waals surface area contributed by atoms with Gasteiger partial charge in [-0.15, -0.1) is 0 Å². The Morgan fingerprint density at radius 3 is 2.19 bits per heavy atom. The molecule has 0 N–H and O–H groups in total. The molecule has 0 rings (SSSR count). The minimum atomic E-state index is -0.119. The van der Waals surface area contributed by atoms with Gasteiger partial charge in [0.2, 0.25) is 0 Å². The maximum absolute atomic E-state index is 11.1. The Morgan fingerprint density at radius 2 is 1.62 bits per heavy atom. The molecule has 122 valence electrons. The number of methoxy groups -OCH3 is 1. The molecule has 0 radical (unpaired) electrons. The smallest absolute Gasteiger partial charge is 0.305 e. The molecular formula is C17H30O2S2. The van der Waals surface area contributed by atoms with Crippen LogP contribution in [0.4, 0.5) is 0 Å². The Labute approximate surface area is 141 Å². The first-order valence-electron chi connectivity index (χ1n) is 8.16. The molecule has 0 bridgehead atoms. The Kier molecular flexibility index (Phi) is 13.1. The average molecular weight is 331 g/mol. The van der Waals surface area contributed by atoms with E-state index in [0.717, 1.165) is 57.8 Å². The number of carbonyl (C=O) groups excluding carboxylic acids is 1. The second kappa shape index (κ2) is 13.3. The fourth-order valence-corrected chi connectivity index (χ4v) is 3.18. The minimum Gasteiger partial charge on any atom is -0.469 e. The van der Waals surface area contributed by atoms with Crippen molar-refractivity contribution in [3.63, 3.8) is 0 Å². The molecule has 0 amide bonds. The molecule has 0 aliphatic rings. The number of esters is 1. The summed E-state index contributed by atoms with van der Waals surface area (Å²) < 4.78 is 4.67. The number of ether oxygens (including phenoxy) is 1. The molecule has 1 unspecified atom stereocenters. The Morgan fingerprint density at radius 1 is 0.952 bits per heavy atom. The molecule has 0 aromatic rings. The Bertz CT molecular complexity index is 327. The van der Waals surface area contributed by atoms with Crippen LogP contribution in [-0.4, -0.2) is 22.8 Å². The predicted molar refractivity (Wildman–Crippen MR) is 98.2 cm³/mol. The van der Waals surface area contributed by atoms with Crippen molar-refractivity contribution in [2.75, 3.05) is 7.11 Å². The molecule has 0 heterocycles. The van der Waals surface area contributed by atoms with Gasteiger partial charge in [0.25, 0.3) is 0 Å². The lowest BCUT2D eigenvalue weighted by Crippen LogP contribution is -2.14. The van der Waals surface area contributed by atoms with Gasteiger partial charge in [-0.3, -0.25) is 4.79 Å². The molecule has 0 aliphatic carbocycles. The number of thiocarbonyl (C=S) groups is 2. The average Bonchev–Trinajstić information content (AvgIpc) is 2.46. The molecule has 0 saturated carbocycles. The van der Waals surface area contributed by atoms with Crippen LogP contribution in [0.2, 0.25) is 0 Å². The second-order valence-corrected chi connectivity index (χ2v) is 6.66. The molecule has 0 aromatic heterocycles. The fraction of sp³-hybridized carbons (Fsp3) is 0.824. The van der Waals surface area contributed by atoms with Gasteiger partial charge in [-0.2, -0.15) is 0 Å². The third kappa shape index (κ3) is 10.9. The number of unbranched alkanes of at least 4 members (excludes halogenated alkanes) is 1.